The summed E-state index contributed by atoms with van der Waals surface area (Å²) in [6.45, 7) is 0.264. The van der Waals surface area contributed by atoms with E-state index in [0.29, 0.717) is 18.0 Å². The molecule has 1 aromatic carbocycles. The van der Waals surface area contributed by atoms with Crippen LogP contribution in [0, 0.1) is 0 Å². The molecule has 0 bridgehead atoms. The predicted molar refractivity (Wildman–Crippen MR) is 89.1 cm³/mol. The summed E-state index contributed by atoms with van der Waals surface area (Å²) >= 11 is 0. The Morgan fingerprint density at radius 3 is 2.71 bits per heavy atom. The molecule has 0 saturated heterocycles. The van der Waals surface area contributed by atoms with Gasteiger partial charge in [-0.15, -0.1) is 0 Å². The molecule has 8 heteroatoms. The van der Waals surface area contributed by atoms with E-state index in [4.69, 9.17) is 4.74 Å². The maximum Gasteiger partial charge on any atom is 0.263 e. The third-order valence-electron chi connectivity index (χ3n) is 3.64. The smallest absolute Gasteiger partial charge is 0.263 e. The molecular formula is C16H17N3O4S. The summed E-state index contributed by atoms with van der Waals surface area (Å²) < 4.78 is 30.9. The van der Waals surface area contributed by atoms with Crippen LogP contribution in [-0.4, -0.2) is 38.2 Å². The van der Waals surface area contributed by atoms with Gasteiger partial charge in [-0.25, -0.2) is 8.42 Å². The second-order valence-electron chi connectivity index (χ2n) is 5.44. The molecule has 0 spiro atoms. The molecule has 3 rings (SSSR count). The van der Waals surface area contributed by atoms with Gasteiger partial charge in [-0.05, 0) is 29.8 Å². The minimum absolute atomic E-state index is 0.0575. The van der Waals surface area contributed by atoms with Crippen molar-refractivity contribution in [3.63, 3.8) is 0 Å². The molecule has 1 aliphatic rings. The monoisotopic (exact) mass is 347 g/mol. The lowest BCUT2D eigenvalue weighted by atomic mass is 10.2. The van der Waals surface area contributed by atoms with Crippen molar-refractivity contribution in [2.24, 2.45) is 0 Å². The zero-order chi connectivity index (χ0) is 17.2. The van der Waals surface area contributed by atoms with E-state index in [1.807, 2.05) is 0 Å². The van der Waals surface area contributed by atoms with Crippen molar-refractivity contribution in [1.82, 2.24) is 10.3 Å². The molecule has 0 aliphatic carbocycles. The number of carbonyl (C=O) groups excluding carboxylic acids is 1. The number of ether oxygens (including phenoxy) is 1. The number of aromatic nitrogens is 1. The molecule has 2 heterocycles. The number of anilines is 1. The Labute approximate surface area is 140 Å². The van der Waals surface area contributed by atoms with Crippen LogP contribution in [0.4, 0.5) is 5.69 Å². The number of para-hydroxylation sites is 2. The third kappa shape index (κ3) is 3.48. The number of nitrogens with zero attached hydrogens (tertiary/aromatic N) is 2. The number of hydrogen-bond acceptors (Lipinski definition) is 5. The van der Waals surface area contributed by atoms with Crippen molar-refractivity contribution in [2.45, 2.75) is 12.6 Å². The SMILES string of the molecule is CS(=O)(=O)N1CC(C(=O)NCc2ccncc2)Oc2ccccc21. The van der Waals surface area contributed by atoms with Gasteiger partial charge in [0.15, 0.2) is 6.10 Å². The van der Waals surface area contributed by atoms with Gasteiger partial charge < -0.3 is 10.1 Å². The van der Waals surface area contributed by atoms with Gasteiger partial charge in [0, 0.05) is 18.9 Å². The summed E-state index contributed by atoms with van der Waals surface area (Å²) in [5.74, 6) is 0.00759. The number of hydrogen-bond donors (Lipinski definition) is 1. The van der Waals surface area contributed by atoms with Gasteiger partial charge in [-0.1, -0.05) is 12.1 Å². The second kappa shape index (κ2) is 6.48. The summed E-state index contributed by atoms with van der Waals surface area (Å²) in [5.41, 5.74) is 1.34. The average Bonchev–Trinajstić information content (AvgIpc) is 2.58. The second-order valence-corrected chi connectivity index (χ2v) is 7.35. The van der Waals surface area contributed by atoms with E-state index in [1.54, 1.807) is 48.8 Å². The maximum absolute atomic E-state index is 12.4. The number of amides is 1. The molecule has 0 fully saturated rings. The number of fused-ring (bicyclic) bond motifs is 1. The van der Waals surface area contributed by atoms with Crippen LogP contribution in [0.1, 0.15) is 5.56 Å². The van der Waals surface area contributed by atoms with Crippen LogP contribution in [0.5, 0.6) is 5.75 Å². The molecular weight excluding hydrogens is 330 g/mol. The summed E-state index contributed by atoms with van der Waals surface area (Å²) in [6, 6.07) is 10.3. The summed E-state index contributed by atoms with van der Waals surface area (Å²) in [4.78, 5) is 16.3. The standard InChI is InChI=1S/C16H17N3O4S/c1-24(21,22)19-11-15(23-14-5-3-2-4-13(14)19)16(20)18-10-12-6-8-17-9-7-12/h2-9,15H,10-11H2,1H3,(H,18,20). The molecule has 7 nitrogen and oxygen atoms in total. The first kappa shape index (κ1) is 16.3. The fourth-order valence-corrected chi connectivity index (χ4v) is 3.37. The molecule has 2 aromatic rings. The first-order valence-corrected chi connectivity index (χ1v) is 9.20. The number of nitrogens with one attached hydrogen (secondary N) is 1. The Hall–Kier alpha value is -2.61. The Bertz CT molecular complexity index is 839. The highest BCUT2D eigenvalue weighted by Crippen LogP contribution is 2.34. The van der Waals surface area contributed by atoms with Gasteiger partial charge in [0.2, 0.25) is 10.0 Å². The van der Waals surface area contributed by atoms with Crippen LogP contribution in [0.25, 0.3) is 0 Å². The quantitative estimate of drug-likeness (QED) is 0.889. The average molecular weight is 347 g/mol. The Morgan fingerprint density at radius 1 is 1.29 bits per heavy atom. The number of carbonyl (C=O) groups is 1. The first-order chi connectivity index (χ1) is 11.4. The lowest BCUT2D eigenvalue weighted by molar-refractivity contribution is -0.127. The first-order valence-electron chi connectivity index (χ1n) is 7.35. The molecule has 1 aromatic heterocycles. The topological polar surface area (TPSA) is 88.6 Å². The number of rotatable bonds is 4. The Kier molecular flexibility index (Phi) is 4.39. The molecule has 1 unspecified atom stereocenters. The summed E-state index contributed by atoms with van der Waals surface area (Å²) in [7, 11) is -3.51. The number of benzene rings is 1. The van der Waals surface area contributed by atoms with Crippen molar-refractivity contribution >= 4 is 21.6 Å². The van der Waals surface area contributed by atoms with E-state index >= 15 is 0 Å². The highest BCUT2D eigenvalue weighted by atomic mass is 32.2. The highest BCUT2D eigenvalue weighted by Gasteiger charge is 2.34. The minimum atomic E-state index is -3.51. The van der Waals surface area contributed by atoms with E-state index in [-0.39, 0.29) is 12.5 Å². The van der Waals surface area contributed by atoms with Crippen molar-refractivity contribution in [2.75, 3.05) is 17.1 Å². The molecule has 1 amide bonds. The van der Waals surface area contributed by atoms with Gasteiger partial charge in [-0.2, -0.15) is 0 Å². The normalized spacial score (nSPS) is 16.9. The van der Waals surface area contributed by atoms with E-state index < -0.39 is 16.1 Å². The molecule has 0 radical (unpaired) electrons. The highest BCUT2D eigenvalue weighted by molar-refractivity contribution is 7.92. The Morgan fingerprint density at radius 2 is 2.00 bits per heavy atom. The van der Waals surface area contributed by atoms with Crippen LogP contribution in [0.3, 0.4) is 0 Å². The van der Waals surface area contributed by atoms with E-state index in [0.717, 1.165) is 11.8 Å². The van der Waals surface area contributed by atoms with Crippen molar-refractivity contribution in [1.29, 1.82) is 0 Å². The van der Waals surface area contributed by atoms with Crippen LogP contribution < -0.4 is 14.4 Å². The number of sulfonamides is 1. The lowest BCUT2D eigenvalue weighted by Crippen LogP contribution is -2.50. The molecule has 1 aliphatic heterocycles. The zero-order valence-electron chi connectivity index (χ0n) is 13.0. The molecule has 24 heavy (non-hydrogen) atoms. The fraction of sp³-hybridized carbons (Fsp3) is 0.250. The molecule has 126 valence electrons. The maximum atomic E-state index is 12.4. The van der Waals surface area contributed by atoms with Crippen LogP contribution in [-0.2, 0) is 21.4 Å². The van der Waals surface area contributed by atoms with Crippen molar-refractivity contribution in [3.05, 3.63) is 54.4 Å². The van der Waals surface area contributed by atoms with Crippen molar-refractivity contribution < 1.29 is 17.9 Å². The largest absolute Gasteiger partial charge is 0.476 e. The van der Waals surface area contributed by atoms with E-state index in [2.05, 4.69) is 10.3 Å². The Balaban J connectivity index is 1.76. The fourth-order valence-electron chi connectivity index (χ4n) is 2.46. The zero-order valence-corrected chi connectivity index (χ0v) is 13.9. The van der Waals surface area contributed by atoms with Gasteiger partial charge >= 0.3 is 0 Å². The number of pyridine rings is 1. The van der Waals surface area contributed by atoms with Gasteiger partial charge in [0.1, 0.15) is 5.75 Å². The van der Waals surface area contributed by atoms with Gasteiger partial charge in [0.05, 0.1) is 18.5 Å². The van der Waals surface area contributed by atoms with Crippen LogP contribution in [0.15, 0.2) is 48.8 Å². The molecule has 0 saturated carbocycles. The summed E-state index contributed by atoms with van der Waals surface area (Å²) in [6.07, 6.45) is 3.48. The molecule has 1 N–H and O–H groups in total. The van der Waals surface area contributed by atoms with Crippen molar-refractivity contribution in [3.8, 4) is 5.75 Å². The summed E-state index contributed by atoms with van der Waals surface area (Å²) in [5, 5.41) is 2.76. The van der Waals surface area contributed by atoms with E-state index in [1.165, 1.54) is 4.31 Å². The minimum Gasteiger partial charge on any atom is -0.476 e. The van der Waals surface area contributed by atoms with Gasteiger partial charge in [-0.3, -0.25) is 14.1 Å². The van der Waals surface area contributed by atoms with Crippen LogP contribution >= 0.6 is 0 Å². The van der Waals surface area contributed by atoms with E-state index in [9.17, 15) is 13.2 Å². The predicted octanol–water partition coefficient (Wildman–Crippen LogP) is 0.925. The molecule has 1 atom stereocenters. The third-order valence-corrected chi connectivity index (χ3v) is 4.79. The van der Waals surface area contributed by atoms with Crippen LogP contribution in [0.2, 0.25) is 0 Å². The lowest BCUT2D eigenvalue weighted by Gasteiger charge is -2.33. The van der Waals surface area contributed by atoms with Gasteiger partial charge in [0.25, 0.3) is 5.91 Å².